The van der Waals surface area contributed by atoms with Gasteiger partial charge >= 0.3 is 0 Å². The largest absolute Gasteiger partial charge is 0.508 e. The lowest BCUT2D eigenvalue weighted by atomic mass is 10.1. The number of benzene rings is 2. The van der Waals surface area contributed by atoms with Crippen molar-refractivity contribution in [2.45, 2.75) is 26.3 Å². The number of rotatable bonds is 6. The number of aromatic nitrogens is 5. The number of aromatic hydroxyl groups is 1. The third-order valence-electron chi connectivity index (χ3n) is 5.94. The molecule has 176 valence electrons. The first-order valence-electron chi connectivity index (χ1n) is 11.2. The summed E-state index contributed by atoms with van der Waals surface area (Å²) in [6, 6.07) is 17.9. The first-order valence-corrected chi connectivity index (χ1v) is 11.2. The summed E-state index contributed by atoms with van der Waals surface area (Å²) in [7, 11) is 0. The quantitative estimate of drug-likeness (QED) is 0.348. The number of hydrogen-bond acceptors (Lipinski definition) is 7. The van der Waals surface area contributed by atoms with Gasteiger partial charge in [-0.3, -0.25) is 9.36 Å². The van der Waals surface area contributed by atoms with E-state index in [1.165, 1.54) is 6.33 Å². The molecule has 5 rings (SSSR count). The number of phenolic OH excluding ortho intramolecular Hbond substituents is 1. The Morgan fingerprint density at radius 3 is 2.66 bits per heavy atom. The first kappa shape index (κ1) is 22.1. The minimum atomic E-state index is -0.410. The van der Waals surface area contributed by atoms with E-state index < -0.39 is 6.04 Å². The Balaban J connectivity index is 1.59. The second kappa shape index (κ2) is 8.94. The molecular formula is C26H25N7O2. The summed E-state index contributed by atoms with van der Waals surface area (Å²) in [4.78, 5) is 22.2. The molecule has 0 saturated carbocycles. The Morgan fingerprint density at radius 1 is 1.09 bits per heavy atom. The van der Waals surface area contributed by atoms with Crippen molar-refractivity contribution in [2.75, 3.05) is 11.1 Å². The number of para-hydroxylation sites is 1. The van der Waals surface area contributed by atoms with Gasteiger partial charge in [-0.25, -0.2) is 14.5 Å². The molecule has 3 heterocycles. The number of phenols is 1. The fourth-order valence-electron chi connectivity index (χ4n) is 4.20. The van der Waals surface area contributed by atoms with Crippen molar-refractivity contribution in [2.24, 2.45) is 0 Å². The van der Waals surface area contributed by atoms with E-state index in [1.807, 2.05) is 56.3 Å². The molecule has 9 nitrogen and oxygen atoms in total. The molecule has 9 heteroatoms. The van der Waals surface area contributed by atoms with Crippen molar-refractivity contribution in [3.63, 3.8) is 0 Å². The summed E-state index contributed by atoms with van der Waals surface area (Å²) < 4.78 is 3.24. The number of hydrogen-bond donors (Lipinski definition) is 3. The molecule has 4 N–H and O–H groups in total. The summed E-state index contributed by atoms with van der Waals surface area (Å²) in [5.74, 6) is 1.56. The highest BCUT2D eigenvalue weighted by Crippen LogP contribution is 2.26. The van der Waals surface area contributed by atoms with Crippen LogP contribution in [0.3, 0.4) is 0 Å². The van der Waals surface area contributed by atoms with Crippen LogP contribution < -0.4 is 16.6 Å². The maximum Gasteiger partial charge on any atom is 0.282 e. The Hall–Kier alpha value is -4.66. The predicted molar refractivity (Wildman–Crippen MR) is 135 cm³/mol. The second-order valence-electron chi connectivity index (χ2n) is 8.43. The average Bonchev–Trinajstić information content (AvgIpc) is 3.22. The Labute approximate surface area is 201 Å². The van der Waals surface area contributed by atoms with Crippen LogP contribution in [0.4, 0.5) is 11.6 Å². The van der Waals surface area contributed by atoms with Gasteiger partial charge in [0.1, 0.15) is 29.2 Å². The Morgan fingerprint density at radius 2 is 1.89 bits per heavy atom. The second-order valence-corrected chi connectivity index (χ2v) is 8.43. The molecule has 2 aromatic carbocycles. The van der Waals surface area contributed by atoms with Crippen LogP contribution in [0.5, 0.6) is 5.75 Å². The molecule has 0 saturated heterocycles. The summed E-state index contributed by atoms with van der Waals surface area (Å²) in [5, 5.41) is 18.0. The zero-order valence-corrected chi connectivity index (χ0v) is 19.4. The average molecular weight is 468 g/mol. The van der Waals surface area contributed by atoms with Crippen molar-refractivity contribution >= 4 is 17.2 Å². The van der Waals surface area contributed by atoms with E-state index in [9.17, 15) is 9.90 Å². The zero-order chi connectivity index (χ0) is 24.5. The molecule has 0 aliphatic rings. The lowest BCUT2D eigenvalue weighted by Crippen LogP contribution is -2.29. The van der Waals surface area contributed by atoms with Crippen LogP contribution in [0.15, 0.2) is 78.0 Å². The van der Waals surface area contributed by atoms with Crippen molar-refractivity contribution in [3.8, 4) is 11.4 Å². The molecule has 0 fully saturated rings. The smallest absolute Gasteiger partial charge is 0.282 e. The van der Waals surface area contributed by atoms with E-state index >= 15 is 0 Å². The highest BCUT2D eigenvalue weighted by molar-refractivity contribution is 5.58. The fourth-order valence-corrected chi connectivity index (χ4v) is 4.20. The minimum Gasteiger partial charge on any atom is -0.508 e. The SMILES string of the molecule is Cc1ccn2nc([C@H](C)Nc3ncnc(N)c3Cc3cccc(O)c3)n(-c3ccccc3)c(=O)c12. The molecule has 0 spiro atoms. The van der Waals surface area contributed by atoms with Gasteiger partial charge in [-0.2, -0.15) is 5.10 Å². The summed E-state index contributed by atoms with van der Waals surface area (Å²) in [6.07, 6.45) is 3.60. The number of nitrogens with zero attached hydrogens (tertiary/aromatic N) is 5. The molecule has 5 aromatic rings. The summed E-state index contributed by atoms with van der Waals surface area (Å²) in [5.41, 5.74) is 9.73. The van der Waals surface area contributed by atoms with Gasteiger partial charge in [0.25, 0.3) is 5.56 Å². The summed E-state index contributed by atoms with van der Waals surface area (Å²) >= 11 is 0. The van der Waals surface area contributed by atoms with Gasteiger partial charge in [0.15, 0.2) is 5.82 Å². The van der Waals surface area contributed by atoms with Crippen molar-refractivity contribution in [3.05, 3.63) is 106 Å². The molecule has 1 atom stereocenters. The van der Waals surface area contributed by atoms with Crippen molar-refractivity contribution in [1.82, 2.24) is 24.1 Å². The highest BCUT2D eigenvalue weighted by atomic mass is 16.3. The number of anilines is 2. The van der Waals surface area contributed by atoms with Gasteiger partial charge in [-0.05, 0) is 55.3 Å². The van der Waals surface area contributed by atoms with Gasteiger partial charge in [-0.1, -0.05) is 30.3 Å². The lowest BCUT2D eigenvalue weighted by Gasteiger charge is -2.21. The van der Waals surface area contributed by atoms with Crippen LogP contribution in [0.2, 0.25) is 0 Å². The monoisotopic (exact) mass is 467 g/mol. The maximum atomic E-state index is 13.6. The lowest BCUT2D eigenvalue weighted by molar-refractivity contribution is 0.474. The van der Waals surface area contributed by atoms with Crippen LogP contribution in [0.25, 0.3) is 11.2 Å². The third-order valence-corrected chi connectivity index (χ3v) is 5.94. The number of fused-ring (bicyclic) bond motifs is 1. The van der Waals surface area contributed by atoms with Gasteiger partial charge in [0.05, 0.1) is 11.7 Å². The van der Waals surface area contributed by atoms with Crippen LogP contribution in [-0.4, -0.2) is 29.3 Å². The van der Waals surface area contributed by atoms with E-state index in [4.69, 9.17) is 10.8 Å². The van der Waals surface area contributed by atoms with Crippen LogP contribution in [-0.2, 0) is 6.42 Å². The first-order chi connectivity index (χ1) is 16.9. The molecule has 0 aliphatic carbocycles. The van der Waals surface area contributed by atoms with Crippen LogP contribution in [0.1, 0.15) is 35.5 Å². The molecular weight excluding hydrogens is 442 g/mol. The van der Waals surface area contributed by atoms with Crippen LogP contribution in [0, 0.1) is 6.92 Å². The molecule has 0 aliphatic heterocycles. The standard InChI is InChI=1S/C26H25N7O2/c1-16-11-12-32-22(16)26(35)33(19-8-4-3-5-9-19)25(31-32)17(2)30-24-21(23(27)28-15-29-24)14-18-7-6-10-20(34)13-18/h3-13,15,17,34H,14H2,1-2H3,(H3,27,28,29,30)/t17-/m0/s1. The summed E-state index contributed by atoms with van der Waals surface area (Å²) in [6.45, 7) is 3.81. The molecule has 0 radical (unpaired) electrons. The van der Waals surface area contributed by atoms with Crippen molar-refractivity contribution in [1.29, 1.82) is 0 Å². The van der Waals surface area contributed by atoms with Gasteiger partial charge in [0, 0.05) is 18.2 Å². The normalized spacial score (nSPS) is 12.1. The fraction of sp³-hybridized carbons (Fsp3) is 0.154. The maximum absolute atomic E-state index is 13.6. The number of nitrogens with two attached hydrogens (primary N) is 1. The number of nitrogens with one attached hydrogen (secondary N) is 1. The van der Waals surface area contributed by atoms with E-state index in [2.05, 4.69) is 15.3 Å². The van der Waals surface area contributed by atoms with E-state index in [0.717, 1.165) is 16.8 Å². The van der Waals surface area contributed by atoms with Crippen molar-refractivity contribution < 1.29 is 5.11 Å². The topological polar surface area (TPSA) is 123 Å². The van der Waals surface area contributed by atoms with E-state index in [1.54, 1.807) is 33.5 Å². The van der Waals surface area contributed by atoms with Gasteiger partial charge in [0.2, 0.25) is 0 Å². The minimum absolute atomic E-state index is 0.153. The molecule has 0 unspecified atom stereocenters. The van der Waals surface area contributed by atoms with Gasteiger partial charge < -0.3 is 16.2 Å². The molecule has 0 amide bonds. The predicted octanol–water partition coefficient (Wildman–Crippen LogP) is 3.64. The number of nitrogen functional groups attached to an aromatic ring is 1. The number of aryl methyl sites for hydroxylation is 1. The molecule has 3 aromatic heterocycles. The highest BCUT2D eigenvalue weighted by Gasteiger charge is 2.21. The Bertz CT molecular complexity index is 1570. The van der Waals surface area contributed by atoms with E-state index in [-0.39, 0.29) is 11.3 Å². The van der Waals surface area contributed by atoms with Crippen LogP contribution >= 0.6 is 0 Å². The molecule has 35 heavy (non-hydrogen) atoms. The van der Waals surface area contributed by atoms with E-state index in [0.29, 0.717) is 35.0 Å². The Kier molecular flexibility index (Phi) is 5.66. The zero-order valence-electron chi connectivity index (χ0n) is 19.4. The molecule has 0 bridgehead atoms. The van der Waals surface area contributed by atoms with Gasteiger partial charge in [-0.15, -0.1) is 0 Å². The third kappa shape index (κ3) is 4.19.